The summed E-state index contributed by atoms with van der Waals surface area (Å²) in [6.07, 6.45) is -3.74. The molecule has 0 heterocycles. The number of hydrogen-bond acceptors (Lipinski definition) is 2. The van der Waals surface area contributed by atoms with E-state index < -0.39 is 17.2 Å². The summed E-state index contributed by atoms with van der Waals surface area (Å²) in [5.41, 5.74) is -2.67. The smallest absolute Gasteiger partial charge is 0.297 e. The lowest BCUT2D eigenvalue weighted by Crippen LogP contribution is -2.30. The van der Waals surface area contributed by atoms with Crippen molar-refractivity contribution in [3.8, 4) is 6.07 Å². The molecule has 0 atom stereocenters. The molecule has 0 aromatic heterocycles. The van der Waals surface area contributed by atoms with Crippen LogP contribution in [0.15, 0.2) is 11.6 Å². The largest absolute Gasteiger partial charge is 0.397 e. The van der Waals surface area contributed by atoms with Gasteiger partial charge >= 0.3 is 6.18 Å². The molecule has 0 aliphatic rings. The molecule has 0 saturated carbocycles. The average Bonchev–Trinajstić information content (AvgIpc) is 1.98. The van der Waals surface area contributed by atoms with Crippen molar-refractivity contribution in [2.45, 2.75) is 20.0 Å². The summed E-state index contributed by atoms with van der Waals surface area (Å²) in [7, 11) is 0. The van der Waals surface area contributed by atoms with E-state index in [0.29, 0.717) is 6.08 Å². The highest BCUT2D eigenvalue weighted by Gasteiger charge is 2.45. The van der Waals surface area contributed by atoms with Crippen molar-refractivity contribution in [1.82, 2.24) is 0 Å². The number of aldehydes is 1. The van der Waals surface area contributed by atoms with Gasteiger partial charge in [-0.15, -0.1) is 0 Å². The van der Waals surface area contributed by atoms with Crippen LogP contribution in [-0.4, -0.2) is 12.5 Å². The molecule has 0 fully saturated rings. The van der Waals surface area contributed by atoms with E-state index in [1.54, 1.807) is 0 Å². The molecule has 72 valence electrons. The van der Waals surface area contributed by atoms with E-state index in [2.05, 4.69) is 0 Å². The fourth-order valence-electron chi connectivity index (χ4n) is 0.563. The van der Waals surface area contributed by atoms with Gasteiger partial charge in [0.1, 0.15) is 6.07 Å². The van der Waals surface area contributed by atoms with Gasteiger partial charge in [0.05, 0.1) is 11.0 Å². The third-order valence-electron chi connectivity index (χ3n) is 1.50. The van der Waals surface area contributed by atoms with Crippen LogP contribution in [0.1, 0.15) is 13.8 Å². The number of allylic oxidation sites excluding steroid dienone is 2. The van der Waals surface area contributed by atoms with E-state index in [0.717, 1.165) is 13.8 Å². The zero-order valence-electron chi connectivity index (χ0n) is 7.14. The number of carbonyl (C=O) groups is 1. The highest BCUT2D eigenvalue weighted by molar-refractivity contribution is 5.79. The van der Waals surface area contributed by atoms with Crippen molar-refractivity contribution in [3.63, 3.8) is 0 Å². The molecule has 0 rings (SSSR count). The first kappa shape index (κ1) is 11.7. The van der Waals surface area contributed by atoms with Gasteiger partial charge in [-0.1, -0.05) is 0 Å². The van der Waals surface area contributed by atoms with E-state index in [1.165, 1.54) is 6.07 Å². The molecule has 0 spiro atoms. The predicted molar refractivity (Wildman–Crippen MR) is 39.6 cm³/mol. The molecule has 0 aromatic rings. The van der Waals surface area contributed by atoms with Crippen molar-refractivity contribution in [2.24, 2.45) is 5.41 Å². The summed E-state index contributed by atoms with van der Waals surface area (Å²) >= 11 is 0. The van der Waals surface area contributed by atoms with Crippen LogP contribution in [0.25, 0.3) is 0 Å². The van der Waals surface area contributed by atoms with Crippen LogP contribution in [0.3, 0.4) is 0 Å². The highest BCUT2D eigenvalue weighted by atomic mass is 19.4. The number of rotatable bonds is 2. The number of alkyl halides is 3. The van der Waals surface area contributed by atoms with Crippen LogP contribution in [0.4, 0.5) is 13.2 Å². The van der Waals surface area contributed by atoms with Crippen LogP contribution < -0.4 is 0 Å². The molecule has 0 amide bonds. The number of nitriles is 1. The molecular formula is C8H8F3NO. The molecule has 0 N–H and O–H groups in total. The van der Waals surface area contributed by atoms with Crippen molar-refractivity contribution in [2.75, 3.05) is 0 Å². The number of hydrogen-bond donors (Lipinski definition) is 0. The molecule has 5 heteroatoms. The van der Waals surface area contributed by atoms with E-state index in [1.807, 2.05) is 0 Å². The standard InChI is InChI=1S/C8H8F3NO/c1-7(2,8(9,10)11)3-6(4-12)5-13/h3,5H,1-2H3/b6-3+. The summed E-state index contributed by atoms with van der Waals surface area (Å²) < 4.78 is 36.6. The third-order valence-corrected chi connectivity index (χ3v) is 1.50. The van der Waals surface area contributed by atoms with Crippen LogP contribution in [0.2, 0.25) is 0 Å². The zero-order chi connectivity index (χ0) is 10.7. The fraction of sp³-hybridized carbons (Fsp3) is 0.500. The van der Waals surface area contributed by atoms with E-state index in [9.17, 15) is 18.0 Å². The first-order valence-electron chi connectivity index (χ1n) is 3.39. The molecule has 0 aromatic carbocycles. The third kappa shape index (κ3) is 2.90. The molecule has 13 heavy (non-hydrogen) atoms. The number of nitrogens with zero attached hydrogens (tertiary/aromatic N) is 1. The van der Waals surface area contributed by atoms with Gasteiger partial charge < -0.3 is 0 Å². The average molecular weight is 191 g/mol. The second-order valence-electron chi connectivity index (χ2n) is 3.05. The Hall–Kier alpha value is -1.31. The van der Waals surface area contributed by atoms with Crippen molar-refractivity contribution in [1.29, 1.82) is 5.26 Å². The molecular weight excluding hydrogens is 183 g/mol. The predicted octanol–water partition coefficient (Wildman–Crippen LogP) is 2.22. The summed E-state index contributed by atoms with van der Waals surface area (Å²) in [6, 6.07) is 1.37. The minimum Gasteiger partial charge on any atom is -0.297 e. The quantitative estimate of drug-likeness (QED) is 0.381. The fourth-order valence-corrected chi connectivity index (χ4v) is 0.563. The normalized spacial score (nSPS) is 13.7. The van der Waals surface area contributed by atoms with Crippen LogP contribution in [-0.2, 0) is 4.79 Å². The molecule has 2 nitrogen and oxygen atoms in total. The molecule has 0 bridgehead atoms. The van der Waals surface area contributed by atoms with Gasteiger partial charge in [-0.05, 0) is 19.9 Å². The molecule has 0 unspecified atom stereocenters. The SMILES string of the molecule is CC(C)(/C=C(\C#N)C=O)C(F)(F)F. The second kappa shape index (κ2) is 3.60. The zero-order valence-corrected chi connectivity index (χ0v) is 7.14. The lowest BCUT2D eigenvalue weighted by Gasteiger charge is -2.23. The lowest BCUT2D eigenvalue weighted by molar-refractivity contribution is -0.193. The first-order chi connectivity index (χ1) is 5.74. The summed E-state index contributed by atoms with van der Waals surface area (Å²) in [6.45, 7) is 1.79. The Bertz CT molecular complexity index is 270. The monoisotopic (exact) mass is 191 g/mol. The van der Waals surface area contributed by atoms with E-state index in [4.69, 9.17) is 5.26 Å². The van der Waals surface area contributed by atoms with Crippen LogP contribution in [0, 0.1) is 16.7 Å². The van der Waals surface area contributed by atoms with Gasteiger partial charge in [0.25, 0.3) is 0 Å². The van der Waals surface area contributed by atoms with Gasteiger partial charge in [0, 0.05) is 0 Å². The van der Waals surface area contributed by atoms with Crippen LogP contribution >= 0.6 is 0 Å². The summed E-state index contributed by atoms with van der Waals surface area (Å²) in [5, 5.41) is 8.24. The summed E-state index contributed by atoms with van der Waals surface area (Å²) in [4.78, 5) is 10.1. The number of carbonyl (C=O) groups excluding carboxylic acids is 1. The Morgan fingerprint density at radius 3 is 2.08 bits per heavy atom. The Morgan fingerprint density at radius 1 is 1.38 bits per heavy atom. The number of halogens is 3. The molecule has 0 saturated heterocycles. The minimum atomic E-state index is -4.46. The highest BCUT2D eigenvalue weighted by Crippen LogP contribution is 2.39. The van der Waals surface area contributed by atoms with E-state index in [-0.39, 0.29) is 6.29 Å². The van der Waals surface area contributed by atoms with Crippen LogP contribution in [0.5, 0.6) is 0 Å². The van der Waals surface area contributed by atoms with Gasteiger partial charge in [0.2, 0.25) is 0 Å². The first-order valence-corrected chi connectivity index (χ1v) is 3.39. The minimum absolute atomic E-state index is 0.105. The lowest BCUT2D eigenvalue weighted by atomic mass is 9.90. The van der Waals surface area contributed by atoms with Gasteiger partial charge in [-0.2, -0.15) is 18.4 Å². The molecule has 0 aliphatic carbocycles. The Balaban J connectivity index is 5.00. The van der Waals surface area contributed by atoms with E-state index >= 15 is 0 Å². The Morgan fingerprint density at radius 2 is 1.85 bits per heavy atom. The molecule has 0 aliphatic heterocycles. The maximum atomic E-state index is 12.2. The Labute approximate surface area is 73.7 Å². The molecule has 0 radical (unpaired) electrons. The summed E-state index contributed by atoms with van der Waals surface area (Å²) in [5.74, 6) is 0. The maximum absolute atomic E-state index is 12.2. The Kier molecular flexibility index (Phi) is 3.24. The second-order valence-corrected chi connectivity index (χ2v) is 3.05. The van der Waals surface area contributed by atoms with Crippen molar-refractivity contribution < 1.29 is 18.0 Å². The van der Waals surface area contributed by atoms with Gasteiger partial charge in [-0.25, -0.2) is 0 Å². The maximum Gasteiger partial charge on any atom is 0.397 e. The topological polar surface area (TPSA) is 40.9 Å². The van der Waals surface area contributed by atoms with Gasteiger partial charge in [0.15, 0.2) is 6.29 Å². The van der Waals surface area contributed by atoms with Crippen molar-refractivity contribution in [3.05, 3.63) is 11.6 Å². The van der Waals surface area contributed by atoms with Crippen molar-refractivity contribution >= 4 is 6.29 Å². The van der Waals surface area contributed by atoms with Gasteiger partial charge in [-0.3, -0.25) is 4.79 Å².